The van der Waals surface area contributed by atoms with Gasteiger partial charge in [-0.05, 0) is 43.0 Å². The highest BCUT2D eigenvalue weighted by Gasteiger charge is 2.09. The normalized spacial score (nSPS) is 12.3. The number of hydrogen-bond acceptors (Lipinski definition) is 3. The van der Waals surface area contributed by atoms with Crippen LogP contribution in [0.5, 0.6) is 0 Å². The van der Waals surface area contributed by atoms with Crippen molar-refractivity contribution < 1.29 is 9.18 Å². The van der Waals surface area contributed by atoms with E-state index in [-0.39, 0.29) is 11.9 Å². The zero-order valence-electron chi connectivity index (χ0n) is 11.2. The summed E-state index contributed by atoms with van der Waals surface area (Å²) in [7, 11) is 0. The molecule has 0 saturated carbocycles. The fourth-order valence-electron chi connectivity index (χ4n) is 1.95. The van der Waals surface area contributed by atoms with E-state index in [4.69, 9.17) is 5.73 Å². The summed E-state index contributed by atoms with van der Waals surface area (Å²) in [5.74, 6) is -0.872. The number of rotatable bonds is 6. The summed E-state index contributed by atoms with van der Waals surface area (Å²) in [5.41, 5.74) is 5.98. The number of benzene rings is 1. The second-order valence-electron chi connectivity index (χ2n) is 4.74. The van der Waals surface area contributed by atoms with Crippen molar-refractivity contribution in [3.8, 4) is 0 Å². The van der Waals surface area contributed by atoms with E-state index >= 15 is 0 Å². The Kier molecular flexibility index (Phi) is 4.87. The van der Waals surface area contributed by atoms with Crippen molar-refractivity contribution in [1.82, 2.24) is 5.32 Å². The van der Waals surface area contributed by atoms with Crippen LogP contribution in [0.1, 0.15) is 27.7 Å². The lowest BCUT2D eigenvalue weighted by Gasteiger charge is -2.13. The Morgan fingerprint density at radius 3 is 2.90 bits per heavy atom. The molecule has 1 unspecified atom stereocenters. The van der Waals surface area contributed by atoms with Gasteiger partial charge in [0.05, 0.1) is 0 Å². The highest BCUT2D eigenvalue weighted by atomic mass is 32.1. The van der Waals surface area contributed by atoms with Gasteiger partial charge in [-0.1, -0.05) is 6.07 Å². The highest BCUT2D eigenvalue weighted by Crippen LogP contribution is 2.13. The molecule has 1 aromatic carbocycles. The first-order valence-corrected chi connectivity index (χ1v) is 7.28. The number of thiophene rings is 1. The second kappa shape index (κ2) is 6.63. The fraction of sp³-hybridized carbons (Fsp3) is 0.267. The second-order valence-corrected chi connectivity index (χ2v) is 5.77. The Morgan fingerprint density at radius 2 is 2.25 bits per heavy atom. The third-order valence-electron chi connectivity index (χ3n) is 3.06. The molecule has 1 amide bonds. The van der Waals surface area contributed by atoms with Crippen LogP contribution in [-0.4, -0.2) is 11.9 Å². The molecule has 0 spiro atoms. The summed E-state index contributed by atoms with van der Waals surface area (Å²) in [6.07, 6.45) is 0.898. The van der Waals surface area contributed by atoms with E-state index in [9.17, 15) is 9.18 Å². The number of nitrogens with two attached hydrogens (primary N) is 1. The summed E-state index contributed by atoms with van der Waals surface area (Å²) >= 11 is 1.71. The van der Waals surface area contributed by atoms with E-state index < -0.39 is 5.91 Å². The number of amides is 1. The van der Waals surface area contributed by atoms with Gasteiger partial charge < -0.3 is 11.1 Å². The molecule has 0 aliphatic heterocycles. The molecule has 1 heterocycles. The highest BCUT2D eigenvalue weighted by molar-refractivity contribution is 7.09. The Balaban J connectivity index is 1.96. The minimum atomic E-state index is -0.544. The monoisotopic (exact) mass is 292 g/mol. The molecule has 0 aliphatic rings. The van der Waals surface area contributed by atoms with Crippen molar-refractivity contribution in [3.63, 3.8) is 0 Å². The zero-order valence-corrected chi connectivity index (χ0v) is 12.0. The van der Waals surface area contributed by atoms with Crippen molar-refractivity contribution in [2.75, 3.05) is 0 Å². The predicted molar refractivity (Wildman–Crippen MR) is 79.2 cm³/mol. The Morgan fingerprint density at radius 1 is 1.45 bits per heavy atom. The molecule has 106 valence electrons. The number of hydrogen-bond donors (Lipinski definition) is 2. The molecule has 3 nitrogen and oxygen atoms in total. The molecule has 0 bridgehead atoms. The molecule has 5 heteroatoms. The van der Waals surface area contributed by atoms with Crippen LogP contribution in [0.15, 0.2) is 35.7 Å². The molecule has 2 rings (SSSR count). The summed E-state index contributed by atoms with van der Waals surface area (Å²) in [5, 5.41) is 5.30. The molecule has 0 fully saturated rings. The van der Waals surface area contributed by atoms with Crippen LogP contribution in [0.3, 0.4) is 0 Å². The predicted octanol–water partition coefficient (Wildman–Crippen LogP) is 2.71. The van der Waals surface area contributed by atoms with Crippen molar-refractivity contribution in [2.45, 2.75) is 25.9 Å². The van der Waals surface area contributed by atoms with Crippen molar-refractivity contribution in [2.24, 2.45) is 5.73 Å². The van der Waals surface area contributed by atoms with Gasteiger partial charge in [0, 0.05) is 28.6 Å². The molecule has 1 atom stereocenters. The Hall–Kier alpha value is -1.72. The topological polar surface area (TPSA) is 55.1 Å². The Labute approximate surface area is 121 Å². The average Bonchev–Trinajstić information content (AvgIpc) is 2.90. The SMILES string of the molecule is CC(Cc1cccs1)NCc1cc(C(N)=O)ccc1F. The van der Waals surface area contributed by atoms with E-state index in [0.29, 0.717) is 17.7 Å². The summed E-state index contributed by atoms with van der Waals surface area (Å²) in [6.45, 7) is 2.43. The maximum Gasteiger partial charge on any atom is 0.248 e. The van der Waals surface area contributed by atoms with Gasteiger partial charge in [-0.3, -0.25) is 4.79 Å². The number of primary amides is 1. The Bertz CT molecular complexity index is 584. The zero-order chi connectivity index (χ0) is 14.5. The average molecular weight is 292 g/mol. The maximum absolute atomic E-state index is 13.7. The quantitative estimate of drug-likeness (QED) is 0.860. The molecular formula is C15H17FN2OS. The van der Waals surface area contributed by atoms with Gasteiger partial charge in [0.15, 0.2) is 0 Å². The number of carbonyl (C=O) groups excluding carboxylic acids is 1. The van der Waals surface area contributed by atoms with E-state index in [1.54, 1.807) is 11.3 Å². The summed E-state index contributed by atoms with van der Waals surface area (Å²) in [4.78, 5) is 12.4. The van der Waals surface area contributed by atoms with E-state index in [0.717, 1.165) is 6.42 Å². The van der Waals surface area contributed by atoms with Gasteiger partial charge in [0.25, 0.3) is 0 Å². The molecule has 0 aliphatic carbocycles. The summed E-state index contributed by atoms with van der Waals surface area (Å²) in [6, 6.07) is 8.50. The van der Waals surface area contributed by atoms with Gasteiger partial charge in [-0.25, -0.2) is 4.39 Å². The maximum atomic E-state index is 13.7. The van der Waals surface area contributed by atoms with Crippen molar-refractivity contribution in [3.05, 3.63) is 57.5 Å². The first-order valence-electron chi connectivity index (χ1n) is 6.40. The minimum Gasteiger partial charge on any atom is -0.366 e. The first-order chi connectivity index (χ1) is 9.56. The van der Waals surface area contributed by atoms with Gasteiger partial charge in [0.2, 0.25) is 5.91 Å². The first kappa shape index (κ1) is 14.7. The lowest BCUT2D eigenvalue weighted by molar-refractivity contribution is 0.1000. The van der Waals surface area contributed by atoms with Crippen molar-refractivity contribution >= 4 is 17.2 Å². The van der Waals surface area contributed by atoms with Crippen LogP contribution in [-0.2, 0) is 13.0 Å². The van der Waals surface area contributed by atoms with Gasteiger partial charge in [-0.15, -0.1) is 11.3 Å². The lowest BCUT2D eigenvalue weighted by atomic mass is 10.1. The number of nitrogens with one attached hydrogen (secondary N) is 1. The molecule has 0 radical (unpaired) electrons. The number of carbonyl (C=O) groups is 1. The van der Waals surface area contributed by atoms with Gasteiger partial charge in [-0.2, -0.15) is 0 Å². The molecule has 0 saturated heterocycles. The standard InChI is InChI=1S/C15H17FN2OS/c1-10(7-13-3-2-6-20-13)18-9-12-8-11(15(17)19)4-5-14(12)16/h2-6,8,10,18H,7,9H2,1H3,(H2,17,19). The van der Waals surface area contributed by atoms with Crippen LogP contribution in [0.2, 0.25) is 0 Å². The smallest absolute Gasteiger partial charge is 0.248 e. The largest absolute Gasteiger partial charge is 0.366 e. The van der Waals surface area contributed by atoms with E-state index in [1.165, 1.54) is 23.1 Å². The van der Waals surface area contributed by atoms with E-state index in [2.05, 4.69) is 18.3 Å². The third kappa shape index (κ3) is 3.88. The minimum absolute atomic E-state index is 0.227. The molecular weight excluding hydrogens is 275 g/mol. The van der Waals surface area contributed by atoms with Crippen LogP contribution < -0.4 is 11.1 Å². The van der Waals surface area contributed by atoms with Gasteiger partial charge in [0.1, 0.15) is 5.82 Å². The van der Waals surface area contributed by atoms with E-state index in [1.807, 2.05) is 11.4 Å². The van der Waals surface area contributed by atoms with Crippen LogP contribution >= 0.6 is 11.3 Å². The summed E-state index contributed by atoms with van der Waals surface area (Å²) < 4.78 is 13.7. The number of halogens is 1. The molecule has 1 aromatic heterocycles. The van der Waals surface area contributed by atoms with Crippen LogP contribution in [0, 0.1) is 5.82 Å². The van der Waals surface area contributed by atoms with Crippen LogP contribution in [0.4, 0.5) is 4.39 Å². The molecule has 3 N–H and O–H groups in total. The third-order valence-corrected chi connectivity index (χ3v) is 3.96. The molecule has 20 heavy (non-hydrogen) atoms. The van der Waals surface area contributed by atoms with Crippen molar-refractivity contribution in [1.29, 1.82) is 0 Å². The van der Waals surface area contributed by atoms with Crippen LogP contribution in [0.25, 0.3) is 0 Å². The molecule has 2 aromatic rings. The lowest BCUT2D eigenvalue weighted by Crippen LogP contribution is -2.27. The fourth-order valence-corrected chi connectivity index (χ4v) is 2.79. The van der Waals surface area contributed by atoms with Gasteiger partial charge >= 0.3 is 0 Å².